The summed E-state index contributed by atoms with van der Waals surface area (Å²) in [7, 11) is 0. The Kier molecular flexibility index (Phi) is 4.17. The Labute approximate surface area is 147 Å². The summed E-state index contributed by atoms with van der Waals surface area (Å²) < 4.78 is 1.15. The van der Waals surface area contributed by atoms with E-state index in [1.165, 1.54) is 11.3 Å². The lowest BCUT2D eigenvalue weighted by atomic mass is 10.2. The van der Waals surface area contributed by atoms with Crippen LogP contribution in [-0.4, -0.2) is 52.1 Å². The third-order valence-corrected chi connectivity index (χ3v) is 6.03. The van der Waals surface area contributed by atoms with Crippen LogP contribution < -0.4 is 4.90 Å². The molecule has 1 aliphatic heterocycles. The van der Waals surface area contributed by atoms with E-state index in [1.807, 2.05) is 11.4 Å². The number of carboxylic acid groups (broad SMARTS) is 1. The van der Waals surface area contributed by atoms with Crippen molar-refractivity contribution in [3.05, 3.63) is 39.7 Å². The van der Waals surface area contributed by atoms with E-state index in [9.17, 15) is 4.79 Å². The quantitative estimate of drug-likeness (QED) is 0.771. The van der Waals surface area contributed by atoms with Crippen LogP contribution in [0, 0.1) is 0 Å². The molecule has 1 saturated heterocycles. The molecule has 0 spiro atoms. The Morgan fingerprint density at radius 3 is 2.79 bits per heavy atom. The number of rotatable bonds is 4. The summed E-state index contributed by atoms with van der Waals surface area (Å²) in [4.78, 5) is 24.8. The van der Waals surface area contributed by atoms with Gasteiger partial charge < -0.3 is 10.0 Å². The van der Waals surface area contributed by atoms with E-state index < -0.39 is 5.97 Å². The number of hydrogen-bond donors (Lipinski definition) is 1. The third-order valence-electron chi connectivity index (χ3n) is 4.17. The molecule has 24 heavy (non-hydrogen) atoms. The van der Waals surface area contributed by atoms with Gasteiger partial charge in [-0.2, -0.15) is 0 Å². The minimum absolute atomic E-state index is 0.407. The maximum absolute atomic E-state index is 11.0. The SMILES string of the molecule is O=C(O)c1cc(CN2CCN(c3ncnc4ccsc34)CC2)cs1. The molecule has 4 heterocycles. The molecule has 0 amide bonds. The van der Waals surface area contributed by atoms with Crippen molar-refractivity contribution in [3.8, 4) is 0 Å². The molecule has 6 nitrogen and oxygen atoms in total. The minimum Gasteiger partial charge on any atom is -0.477 e. The fraction of sp³-hybridized carbons (Fsp3) is 0.312. The number of aromatic carboxylic acids is 1. The van der Waals surface area contributed by atoms with Gasteiger partial charge in [0.2, 0.25) is 0 Å². The van der Waals surface area contributed by atoms with Crippen molar-refractivity contribution in [3.63, 3.8) is 0 Å². The van der Waals surface area contributed by atoms with Crippen molar-refractivity contribution in [1.82, 2.24) is 14.9 Å². The molecule has 1 aliphatic rings. The van der Waals surface area contributed by atoms with Crippen LogP contribution in [0.3, 0.4) is 0 Å². The molecule has 0 radical (unpaired) electrons. The van der Waals surface area contributed by atoms with E-state index in [4.69, 9.17) is 5.11 Å². The van der Waals surface area contributed by atoms with Crippen LogP contribution in [0.1, 0.15) is 15.2 Å². The van der Waals surface area contributed by atoms with Gasteiger partial charge in [-0.25, -0.2) is 14.8 Å². The normalized spacial score (nSPS) is 15.9. The molecule has 4 rings (SSSR count). The van der Waals surface area contributed by atoms with E-state index in [-0.39, 0.29) is 0 Å². The lowest BCUT2D eigenvalue weighted by Crippen LogP contribution is -2.46. The number of anilines is 1. The molecule has 3 aromatic heterocycles. The summed E-state index contributed by atoms with van der Waals surface area (Å²) in [6, 6.07) is 3.80. The highest BCUT2D eigenvalue weighted by molar-refractivity contribution is 7.17. The predicted molar refractivity (Wildman–Crippen MR) is 96.2 cm³/mol. The van der Waals surface area contributed by atoms with Gasteiger partial charge in [-0.15, -0.1) is 22.7 Å². The molecule has 0 atom stereocenters. The Morgan fingerprint density at radius 1 is 1.21 bits per heavy atom. The van der Waals surface area contributed by atoms with Gasteiger partial charge >= 0.3 is 5.97 Å². The summed E-state index contributed by atoms with van der Waals surface area (Å²) in [5.74, 6) is 0.179. The molecular weight excluding hydrogens is 344 g/mol. The summed E-state index contributed by atoms with van der Waals surface area (Å²) in [5.41, 5.74) is 2.08. The highest BCUT2D eigenvalue weighted by Gasteiger charge is 2.21. The monoisotopic (exact) mass is 360 g/mol. The lowest BCUT2D eigenvalue weighted by Gasteiger charge is -2.35. The second-order valence-corrected chi connectivity index (χ2v) is 7.55. The van der Waals surface area contributed by atoms with Crippen LogP contribution in [0.2, 0.25) is 0 Å². The maximum Gasteiger partial charge on any atom is 0.345 e. The molecule has 3 aromatic rings. The fourth-order valence-corrected chi connectivity index (χ4v) is 4.55. The van der Waals surface area contributed by atoms with Crippen LogP contribution in [-0.2, 0) is 6.54 Å². The molecule has 0 aliphatic carbocycles. The summed E-state index contributed by atoms with van der Waals surface area (Å²) >= 11 is 2.98. The van der Waals surface area contributed by atoms with Gasteiger partial charge in [0, 0.05) is 32.7 Å². The number of thiophene rings is 2. The smallest absolute Gasteiger partial charge is 0.345 e. The first kappa shape index (κ1) is 15.5. The number of aromatic nitrogens is 2. The van der Waals surface area contributed by atoms with Crippen molar-refractivity contribution >= 4 is 44.7 Å². The van der Waals surface area contributed by atoms with Gasteiger partial charge in [-0.05, 0) is 28.5 Å². The van der Waals surface area contributed by atoms with Crippen LogP contribution in [0.5, 0.6) is 0 Å². The summed E-state index contributed by atoms with van der Waals surface area (Å²) in [6.45, 7) is 4.51. The number of hydrogen-bond acceptors (Lipinski definition) is 7. The summed E-state index contributed by atoms with van der Waals surface area (Å²) in [6.07, 6.45) is 1.63. The number of piperazine rings is 1. The molecule has 0 saturated carbocycles. The fourth-order valence-electron chi connectivity index (χ4n) is 2.95. The second kappa shape index (κ2) is 6.46. The zero-order chi connectivity index (χ0) is 16.5. The Hall–Kier alpha value is -2.03. The lowest BCUT2D eigenvalue weighted by molar-refractivity contribution is 0.0702. The maximum atomic E-state index is 11.0. The van der Waals surface area contributed by atoms with E-state index in [0.717, 1.165) is 54.3 Å². The van der Waals surface area contributed by atoms with Gasteiger partial charge in [-0.1, -0.05) is 0 Å². The van der Waals surface area contributed by atoms with Gasteiger partial charge in [0.05, 0.1) is 10.2 Å². The molecule has 1 fully saturated rings. The molecular formula is C16H16N4O2S2. The first-order valence-corrected chi connectivity index (χ1v) is 9.43. The van der Waals surface area contributed by atoms with Crippen molar-refractivity contribution in [2.24, 2.45) is 0 Å². The topological polar surface area (TPSA) is 69.6 Å². The largest absolute Gasteiger partial charge is 0.477 e. The van der Waals surface area contributed by atoms with E-state index in [2.05, 4.69) is 25.1 Å². The average molecular weight is 360 g/mol. The van der Waals surface area contributed by atoms with Gasteiger partial charge in [0.15, 0.2) is 0 Å². The molecule has 1 N–H and O–H groups in total. The van der Waals surface area contributed by atoms with Crippen LogP contribution >= 0.6 is 22.7 Å². The van der Waals surface area contributed by atoms with Crippen LogP contribution in [0.4, 0.5) is 5.82 Å². The average Bonchev–Trinajstić information content (AvgIpc) is 3.24. The first-order chi connectivity index (χ1) is 11.7. The molecule has 8 heteroatoms. The molecule has 0 aromatic carbocycles. The van der Waals surface area contributed by atoms with E-state index >= 15 is 0 Å². The minimum atomic E-state index is -0.847. The standard InChI is InChI=1S/C16H16N4O2S2/c21-16(22)13-7-11(9-24-13)8-19-2-4-20(5-3-19)15-14-12(1-6-23-14)17-10-18-15/h1,6-7,9-10H,2-5,8H2,(H,21,22). The number of carbonyl (C=O) groups is 1. The van der Waals surface area contributed by atoms with Crippen molar-refractivity contribution in [1.29, 1.82) is 0 Å². The number of fused-ring (bicyclic) bond motifs is 1. The second-order valence-electron chi connectivity index (χ2n) is 5.72. The molecule has 0 unspecified atom stereocenters. The van der Waals surface area contributed by atoms with Crippen LogP contribution in [0.25, 0.3) is 10.2 Å². The third kappa shape index (κ3) is 3.00. The first-order valence-electron chi connectivity index (χ1n) is 7.67. The van der Waals surface area contributed by atoms with Crippen molar-refractivity contribution in [2.45, 2.75) is 6.54 Å². The van der Waals surface area contributed by atoms with Crippen molar-refractivity contribution in [2.75, 3.05) is 31.1 Å². The zero-order valence-electron chi connectivity index (χ0n) is 12.9. The van der Waals surface area contributed by atoms with Crippen LogP contribution in [0.15, 0.2) is 29.2 Å². The van der Waals surface area contributed by atoms with E-state index in [1.54, 1.807) is 23.7 Å². The predicted octanol–water partition coefficient (Wildman–Crippen LogP) is 2.77. The highest BCUT2D eigenvalue weighted by atomic mass is 32.1. The Morgan fingerprint density at radius 2 is 2.04 bits per heavy atom. The van der Waals surface area contributed by atoms with Crippen molar-refractivity contribution < 1.29 is 9.90 Å². The Bertz CT molecular complexity index is 868. The van der Waals surface area contributed by atoms with E-state index in [0.29, 0.717) is 4.88 Å². The number of nitrogens with zero attached hydrogens (tertiary/aromatic N) is 4. The Balaban J connectivity index is 1.41. The van der Waals surface area contributed by atoms with Gasteiger partial charge in [0.25, 0.3) is 0 Å². The van der Waals surface area contributed by atoms with Gasteiger partial charge in [-0.3, -0.25) is 4.90 Å². The highest BCUT2D eigenvalue weighted by Crippen LogP contribution is 2.28. The molecule has 124 valence electrons. The van der Waals surface area contributed by atoms with Gasteiger partial charge in [0.1, 0.15) is 17.0 Å². The zero-order valence-corrected chi connectivity index (χ0v) is 14.5. The number of carboxylic acids is 1. The summed E-state index contributed by atoms with van der Waals surface area (Å²) in [5, 5.41) is 13.0. The molecule has 0 bridgehead atoms.